The molecule has 0 aliphatic carbocycles. The number of hydrogen-bond donors (Lipinski definition) is 2. The smallest absolute Gasteiger partial charge is 0.323 e. The van der Waals surface area contributed by atoms with Crippen molar-refractivity contribution in [1.29, 1.82) is 0 Å². The van der Waals surface area contributed by atoms with E-state index in [2.05, 4.69) is 25.6 Å². The van der Waals surface area contributed by atoms with Gasteiger partial charge in [-0.1, -0.05) is 11.6 Å². The quantitative estimate of drug-likeness (QED) is 0.268. The van der Waals surface area contributed by atoms with Gasteiger partial charge >= 0.3 is 6.03 Å². The standard InChI is InChI=1S/C26H16ClF2N5O2/c27-19-6-3-16(10-20(19)28)32-26(35)33-17-4-8-25(21(29)11-17)36-18-5-7-22-23(12-18)34-24(14-31-22)15-2-1-9-30-13-15/h1-14H,(H2,32,33,35). The zero-order valence-corrected chi connectivity index (χ0v) is 19.1. The van der Waals surface area contributed by atoms with Gasteiger partial charge in [0, 0.05) is 41.5 Å². The normalized spacial score (nSPS) is 10.8. The number of nitrogens with zero attached hydrogens (tertiary/aromatic N) is 3. The average molecular weight is 504 g/mol. The molecule has 7 nitrogen and oxygen atoms in total. The van der Waals surface area contributed by atoms with E-state index in [9.17, 15) is 13.6 Å². The highest BCUT2D eigenvalue weighted by Gasteiger charge is 2.11. The van der Waals surface area contributed by atoms with Crippen molar-refractivity contribution in [2.75, 3.05) is 10.6 Å². The van der Waals surface area contributed by atoms with Crippen LogP contribution >= 0.6 is 11.6 Å². The first-order valence-electron chi connectivity index (χ1n) is 10.6. The highest BCUT2D eigenvalue weighted by atomic mass is 35.5. The molecule has 0 bridgehead atoms. The highest BCUT2D eigenvalue weighted by molar-refractivity contribution is 6.30. The molecule has 0 spiro atoms. The summed E-state index contributed by atoms with van der Waals surface area (Å²) in [5.41, 5.74) is 3.06. The summed E-state index contributed by atoms with van der Waals surface area (Å²) in [6.07, 6.45) is 5.02. The second kappa shape index (κ2) is 9.93. The first-order valence-corrected chi connectivity index (χ1v) is 11.0. The first-order chi connectivity index (χ1) is 17.4. The van der Waals surface area contributed by atoms with Crippen molar-refractivity contribution in [3.63, 3.8) is 0 Å². The van der Waals surface area contributed by atoms with Crippen LogP contribution in [-0.2, 0) is 0 Å². The largest absolute Gasteiger partial charge is 0.454 e. The van der Waals surface area contributed by atoms with Gasteiger partial charge < -0.3 is 15.4 Å². The number of carbonyl (C=O) groups excluding carboxylic acids is 1. The number of benzene rings is 3. The molecule has 5 aromatic rings. The summed E-state index contributed by atoms with van der Waals surface area (Å²) in [7, 11) is 0. The van der Waals surface area contributed by atoms with Crippen molar-refractivity contribution in [1.82, 2.24) is 15.0 Å². The van der Waals surface area contributed by atoms with Gasteiger partial charge in [0.2, 0.25) is 0 Å². The third kappa shape index (κ3) is 5.21. The molecule has 5 rings (SSSR count). The van der Waals surface area contributed by atoms with E-state index in [-0.39, 0.29) is 22.1 Å². The van der Waals surface area contributed by atoms with Gasteiger partial charge in [-0.2, -0.15) is 0 Å². The van der Waals surface area contributed by atoms with Crippen LogP contribution in [0.3, 0.4) is 0 Å². The molecule has 0 saturated carbocycles. The maximum absolute atomic E-state index is 14.7. The molecule has 0 saturated heterocycles. The van der Waals surface area contributed by atoms with Gasteiger partial charge in [-0.05, 0) is 54.6 Å². The van der Waals surface area contributed by atoms with E-state index in [1.807, 2.05) is 12.1 Å². The number of hydrogen-bond acceptors (Lipinski definition) is 5. The van der Waals surface area contributed by atoms with E-state index < -0.39 is 17.7 Å². The molecule has 2 amide bonds. The number of pyridine rings is 1. The minimum Gasteiger partial charge on any atom is -0.454 e. The monoisotopic (exact) mass is 503 g/mol. The summed E-state index contributed by atoms with van der Waals surface area (Å²) in [5, 5.41) is 4.86. The van der Waals surface area contributed by atoms with E-state index in [0.29, 0.717) is 22.5 Å². The molecule has 178 valence electrons. The first kappa shape index (κ1) is 23.1. The highest BCUT2D eigenvalue weighted by Crippen LogP contribution is 2.29. The summed E-state index contributed by atoms with van der Waals surface area (Å²) in [6, 6.07) is 15.8. The number of anilines is 2. The molecule has 0 aliphatic rings. The Morgan fingerprint density at radius 1 is 0.861 bits per heavy atom. The molecule has 3 aromatic carbocycles. The van der Waals surface area contributed by atoms with Crippen LogP contribution in [0.2, 0.25) is 5.02 Å². The van der Waals surface area contributed by atoms with Gasteiger partial charge in [0.1, 0.15) is 11.6 Å². The average Bonchev–Trinajstić information content (AvgIpc) is 2.88. The molecule has 0 aliphatic heterocycles. The number of nitrogens with one attached hydrogen (secondary N) is 2. The van der Waals surface area contributed by atoms with Gasteiger partial charge in [-0.3, -0.25) is 9.97 Å². The van der Waals surface area contributed by atoms with E-state index in [4.69, 9.17) is 16.3 Å². The molecule has 0 radical (unpaired) electrons. The Morgan fingerprint density at radius 2 is 1.64 bits per heavy atom. The van der Waals surface area contributed by atoms with Crippen LogP contribution in [0.1, 0.15) is 0 Å². The molecule has 36 heavy (non-hydrogen) atoms. The summed E-state index contributed by atoms with van der Waals surface area (Å²) >= 11 is 5.63. The predicted molar refractivity (Wildman–Crippen MR) is 133 cm³/mol. The lowest BCUT2D eigenvalue weighted by atomic mass is 10.2. The molecule has 2 N–H and O–H groups in total. The Bertz CT molecular complexity index is 1580. The number of amides is 2. The third-order valence-corrected chi connectivity index (χ3v) is 5.37. The molecular weight excluding hydrogens is 488 g/mol. The molecule has 0 unspecified atom stereocenters. The topological polar surface area (TPSA) is 89.0 Å². The van der Waals surface area contributed by atoms with Gasteiger partial charge in [-0.15, -0.1) is 0 Å². The van der Waals surface area contributed by atoms with E-state index in [1.54, 1.807) is 36.8 Å². The number of ether oxygens (including phenoxy) is 1. The number of rotatable bonds is 5. The Morgan fingerprint density at radius 3 is 2.36 bits per heavy atom. The minimum atomic E-state index is -0.694. The van der Waals surface area contributed by atoms with Crippen LogP contribution in [-0.4, -0.2) is 21.0 Å². The maximum Gasteiger partial charge on any atom is 0.323 e. The molecule has 0 fully saturated rings. The second-order valence-electron chi connectivity index (χ2n) is 7.60. The molecule has 0 atom stereocenters. The van der Waals surface area contributed by atoms with Crippen molar-refractivity contribution in [3.05, 3.63) is 102 Å². The van der Waals surface area contributed by atoms with Crippen molar-refractivity contribution >= 4 is 40.0 Å². The predicted octanol–water partition coefficient (Wildman–Crippen LogP) is 7.06. The van der Waals surface area contributed by atoms with Crippen molar-refractivity contribution in [2.45, 2.75) is 0 Å². The van der Waals surface area contributed by atoms with E-state index in [0.717, 1.165) is 17.7 Å². The van der Waals surface area contributed by atoms with Gasteiger partial charge in [-0.25, -0.2) is 18.6 Å². The van der Waals surface area contributed by atoms with E-state index >= 15 is 0 Å². The number of urea groups is 1. The minimum absolute atomic E-state index is 0.0450. The van der Waals surface area contributed by atoms with Crippen molar-refractivity contribution in [3.8, 4) is 22.8 Å². The van der Waals surface area contributed by atoms with Crippen LogP contribution in [0.25, 0.3) is 22.3 Å². The number of halogens is 3. The molecule has 2 aromatic heterocycles. The molecule has 10 heteroatoms. The lowest BCUT2D eigenvalue weighted by Crippen LogP contribution is -2.19. The fourth-order valence-corrected chi connectivity index (χ4v) is 3.48. The third-order valence-electron chi connectivity index (χ3n) is 5.07. The summed E-state index contributed by atoms with van der Waals surface area (Å²) < 4.78 is 34.0. The van der Waals surface area contributed by atoms with Crippen molar-refractivity contribution < 1.29 is 18.3 Å². The van der Waals surface area contributed by atoms with Gasteiger partial charge in [0.25, 0.3) is 0 Å². The summed E-state index contributed by atoms with van der Waals surface area (Å²) in [4.78, 5) is 25.3. The zero-order chi connectivity index (χ0) is 25.1. The van der Waals surface area contributed by atoms with Gasteiger partial charge in [0.15, 0.2) is 11.6 Å². The van der Waals surface area contributed by atoms with Crippen LogP contribution in [0.15, 0.2) is 85.3 Å². The van der Waals surface area contributed by atoms with Crippen LogP contribution in [0.5, 0.6) is 11.5 Å². The Labute approximate surface area is 208 Å². The van der Waals surface area contributed by atoms with Crippen LogP contribution < -0.4 is 15.4 Å². The summed E-state index contributed by atoms with van der Waals surface area (Å²) in [6.45, 7) is 0. The van der Waals surface area contributed by atoms with E-state index in [1.165, 1.54) is 24.3 Å². The Balaban J connectivity index is 1.29. The number of carbonyl (C=O) groups is 1. The lowest BCUT2D eigenvalue weighted by molar-refractivity contribution is 0.262. The van der Waals surface area contributed by atoms with Crippen LogP contribution in [0.4, 0.5) is 25.0 Å². The SMILES string of the molecule is O=C(Nc1ccc(Cl)c(F)c1)Nc1ccc(Oc2ccc3ncc(-c4cccnc4)nc3c2)c(F)c1. The Kier molecular flexibility index (Phi) is 6.38. The van der Waals surface area contributed by atoms with Crippen molar-refractivity contribution in [2.24, 2.45) is 0 Å². The van der Waals surface area contributed by atoms with Crippen LogP contribution in [0, 0.1) is 11.6 Å². The maximum atomic E-state index is 14.7. The fourth-order valence-electron chi connectivity index (χ4n) is 3.36. The lowest BCUT2D eigenvalue weighted by Gasteiger charge is -2.11. The Hall–Kier alpha value is -4.63. The van der Waals surface area contributed by atoms with Gasteiger partial charge in [0.05, 0.1) is 27.9 Å². The molecule has 2 heterocycles. The second-order valence-corrected chi connectivity index (χ2v) is 8.01. The summed E-state index contributed by atoms with van der Waals surface area (Å²) in [5.74, 6) is -1.05. The zero-order valence-electron chi connectivity index (χ0n) is 18.4. The number of fused-ring (bicyclic) bond motifs is 1. The fraction of sp³-hybridized carbons (Fsp3) is 0. The molecular formula is C26H16ClF2N5O2. The number of aromatic nitrogens is 3.